The fourth-order valence-corrected chi connectivity index (χ4v) is 1.82. The van der Waals surface area contributed by atoms with Gasteiger partial charge in [-0.2, -0.15) is 5.10 Å². The van der Waals surface area contributed by atoms with E-state index in [1.807, 2.05) is 6.92 Å². The van der Waals surface area contributed by atoms with Gasteiger partial charge in [0.05, 0.1) is 11.9 Å². The van der Waals surface area contributed by atoms with Gasteiger partial charge in [-0.25, -0.2) is 0 Å². The van der Waals surface area contributed by atoms with Crippen molar-refractivity contribution in [1.82, 2.24) is 20.4 Å². The number of amides is 2. The van der Waals surface area contributed by atoms with Gasteiger partial charge in [0.1, 0.15) is 5.69 Å². The minimum absolute atomic E-state index is 0.0763. The number of carbonyl (C=O) groups is 2. The average molecular weight is 265 g/mol. The fourth-order valence-electron chi connectivity index (χ4n) is 1.82. The second kappa shape index (κ2) is 5.73. The van der Waals surface area contributed by atoms with Gasteiger partial charge in [-0.15, -0.1) is 0 Å². The summed E-state index contributed by atoms with van der Waals surface area (Å²) in [4.78, 5) is 23.3. The third-order valence-corrected chi connectivity index (χ3v) is 3.04. The van der Waals surface area contributed by atoms with Crippen LogP contribution in [-0.4, -0.2) is 34.7 Å². The molecule has 2 amide bonds. The number of anilines is 1. The molecule has 0 spiro atoms. The fraction of sp³-hybridized carbons (Fsp3) is 0.583. The van der Waals surface area contributed by atoms with E-state index in [1.54, 1.807) is 4.68 Å². The molecule has 1 aliphatic rings. The molecule has 1 heterocycles. The lowest BCUT2D eigenvalue weighted by atomic mass is 10.3. The van der Waals surface area contributed by atoms with Crippen molar-refractivity contribution in [1.29, 1.82) is 0 Å². The van der Waals surface area contributed by atoms with Crippen LogP contribution in [0, 0.1) is 5.92 Å². The van der Waals surface area contributed by atoms with Crippen molar-refractivity contribution in [3.05, 3.63) is 11.9 Å². The maximum Gasteiger partial charge on any atom is 0.271 e. The zero-order valence-corrected chi connectivity index (χ0v) is 11.0. The SMILES string of the molecule is CCn1ncc(N)c1C(=O)NCCNC(=O)C1CC1. The van der Waals surface area contributed by atoms with Gasteiger partial charge in [0.25, 0.3) is 5.91 Å². The zero-order valence-electron chi connectivity index (χ0n) is 11.0. The highest BCUT2D eigenvalue weighted by Gasteiger charge is 2.29. The zero-order chi connectivity index (χ0) is 13.8. The number of rotatable bonds is 6. The summed E-state index contributed by atoms with van der Waals surface area (Å²) < 4.78 is 1.55. The van der Waals surface area contributed by atoms with Crippen molar-refractivity contribution in [2.75, 3.05) is 18.8 Å². The third-order valence-electron chi connectivity index (χ3n) is 3.04. The van der Waals surface area contributed by atoms with Crippen molar-refractivity contribution in [3.63, 3.8) is 0 Å². The smallest absolute Gasteiger partial charge is 0.271 e. The lowest BCUT2D eigenvalue weighted by Crippen LogP contribution is -2.36. The van der Waals surface area contributed by atoms with Crippen LogP contribution in [-0.2, 0) is 11.3 Å². The molecular formula is C12H19N5O2. The number of aryl methyl sites for hydroxylation is 1. The number of nitrogens with two attached hydrogens (primary N) is 1. The first kappa shape index (κ1) is 13.4. The predicted molar refractivity (Wildman–Crippen MR) is 70.4 cm³/mol. The van der Waals surface area contributed by atoms with Gasteiger partial charge in [0.15, 0.2) is 0 Å². The van der Waals surface area contributed by atoms with Gasteiger partial charge in [-0.1, -0.05) is 0 Å². The Hall–Kier alpha value is -2.05. The molecule has 0 aliphatic heterocycles. The molecule has 2 rings (SSSR count). The molecule has 0 unspecified atom stereocenters. The van der Waals surface area contributed by atoms with Gasteiger partial charge in [-0.05, 0) is 19.8 Å². The van der Waals surface area contributed by atoms with Crippen LogP contribution in [0.4, 0.5) is 5.69 Å². The molecule has 1 aliphatic carbocycles. The van der Waals surface area contributed by atoms with Crippen LogP contribution >= 0.6 is 0 Å². The summed E-state index contributed by atoms with van der Waals surface area (Å²) in [6, 6.07) is 0. The first-order valence-corrected chi connectivity index (χ1v) is 6.50. The van der Waals surface area contributed by atoms with E-state index in [-0.39, 0.29) is 17.7 Å². The summed E-state index contributed by atoms with van der Waals surface area (Å²) in [5.41, 5.74) is 6.44. The molecule has 7 heteroatoms. The molecule has 0 saturated heterocycles. The number of hydrogen-bond donors (Lipinski definition) is 3. The molecule has 1 fully saturated rings. The number of aromatic nitrogens is 2. The molecule has 19 heavy (non-hydrogen) atoms. The monoisotopic (exact) mass is 265 g/mol. The average Bonchev–Trinajstić information content (AvgIpc) is 3.17. The molecule has 4 N–H and O–H groups in total. The minimum atomic E-state index is -0.266. The van der Waals surface area contributed by atoms with Gasteiger partial charge in [-0.3, -0.25) is 14.3 Å². The molecule has 7 nitrogen and oxygen atoms in total. The molecule has 0 radical (unpaired) electrons. The van der Waals surface area contributed by atoms with Crippen LogP contribution in [0.1, 0.15) is 30.3 Å². The maximum atomic E-state index is 11.9. The quantitative estimate of drug-likeness (QED) is 0.617. The maximum absolute atomic E-state index is 11.9. The van der Waals surface area contributed by atoms with E-state index in [1.165, 1.54) is 6.20 Å². The summed E-state index contributed by atoms with van der Waals surface area (Å²) in [5, 5.41) is 9.51. The number of carbonyl (C=O) groups excluding carboxylic acids is 2. The van der Waals surface area contributed by atoms with Crippen LogP contribution < -0.4 is 16.4 Å². The van der Waals surface area contributed by atoms with Gasteiger partial charge >= 0.3 is 0 Å². The molecule has 1 saturated carbocycles. The van der Waals surface area contributed by atoms with Crippen molar-refractivity contribution >= 4 is 17.5 Å². The minimum Gasteiger partial charge on any atom is -0.396 e. The highest BCUT2D eigenvalue weighted by atomic mass is 16.2. The molecule has 0 atom stereocenters. The molecule has 0 aromatic carbocycles. The Morgan fingerprint density at radius 1 is 1.42 bits per heavy atom. The lowest BCUT2D eigenvalue weighted by molar-refractivity contribution is -0.122. The number of hydrogen-bond acceptors (Lipinski definition) is 4. The Bertz CT molecular complexity index is 478. The number of nitrogens with zero attached hydrogens (tertiary/aromatic N) is 2. The summed E-state index contributed by atoms with van der Waals surface area (Å²) in [7, 11) is 0. The second-order valence-electron chi connectivity index (χ2n) is 4.59. The van der Waals surface area contributed by atoms with Crippen LogP contribution in [0.2, 0.25) is 0 Å². The van der Waals surface area contributed by atoms with Crippen molar-refractivity contribution in [3.8, 4) is 0 Å². The molecular weight excluding hydrogens is 246 g/mol. The van der Waals surface area contributed by atoms with E-state index in [4.69, 9.17) is 5.73 Å². The molecule has 0 bridgehead atoms. The van der Waals surface area contributed by atoms with Crippen molar-refractivity contribution < 1.29 is 9.59 Å². The number of nitrogen functional groups attached to an aromatic ring is 1. The van der Waals surface area contributed by atoms with Gasteiger partial charge in [0, 0.05) is 25.6 Å². The number of nitrogens with one attached hydrogen (secondary N) is 2. The van der Waals surface area contributed by atoms with Gasteiger partial charge < -0.3 is 16.4 Å². The van der Waals surface area contributed by atoms with E-state index in [0.29, 0.717) is 31.0 Å². The molecule has 1 aromatic rings. The topological polar surface area (TPSA) is 102 Å². The highest BCUT2D eigenvalue weighted by molar-refractivity contribution is 5.97. The van der Waals surface area contributed by atoms with Gasteiger partial charge in [0.2, 0.25) is 5.91 Å². The second-order valence-corrected chi connectivity index (χ2v) is 4.59. The van der Waals surface area contributed by atoms with E-state index in [2.05, 4.69) is 15.7 Å². The van der Waals surface area contributed by atoms with E-state index >= 15 is 0 Å². The lowest BCUT2D eigenvalue weighted by Gasteiger charge is -2.08. The summed E-state index contributed by atoms with van der Waals surface area (Å²) >= 11 is 0. The largest absolute Gasteiger partial charge is 0.396 e. The van der Waals surface area contributed by atoms with Crippen LogP contribution in [0.5, 0.6) is 0 Å². The van der Waals surface area contributed by atoms with E-state index < -0.39 is 0 Å². The van der Waals surface area contributed by atoms with Crippen LogP contribution in [0.3, 0.4) is 0 Å². The standard InChI is InChI=1S/C12H19N5O2/c1-2-17-10(9(13)7-16-17)12(19)15-6-5-14-11(18)8-3-4-8/h7-8H,2-6,13H2,1H3,(H,14,18)(H,15,19). The predicted octanol–water partition coefficient (Wildman–Crippen LogP) is -0.259. The summed E-state index contributed by atoms with van der Waals surface area (Å²) in [6.45, 7) is 3.28. The van der Waals surface area contributed by atoms with Crippen molar-refractivity contribution in [2.45, 2.75) is 26.3 Å². The van der Waals surface area contributed by atoms with Crippen LogP contribution in [0.15, 0.2) is 6.20 Å². The Morgan fingerprint density at radius 2 is 2.11 bits per heavy atom. The van der Waals surface area contributed by atoms with Crippen molar-refractivity contribution in [2.24, 2.45) is 5.92 Å². The Balaban J connectivity index is 1.77. The Labute approximate surface area is 111 Å². The summed E-state index contributed by atoms with van der Waals surface area (Å²) in [5.74, 6) is -0.00208. The van der Waals surface area contributed by atoms with Crippen LogP contribution in [0.25, 0.3) is 0 Å². The van der Waals surface area contributed by atoms with E-state index in [9.17, 15) is 9.59 Å². The molecule has 1 aromatic heterocycles. The first-order chi connectivity index (χ1) is 9.13. The Morgan fingerprint density at radius 3 is 2.74 bits per heavy atom. The normalized spacial score (nSPS) is 14.2. The Kier molecular flexibility index (Phi) is 4.03. The summed E-state index contributed by atoms with van der Waals surface area (Å²) in [6.07, 6.45) is 3.42. The van der Waals surface area contributed by atoms with E-state index in [0.717, 1.165) is 12.8 Å². The first-order valence-electron chi connectivity index (χ1n) is 6.50. The third kappa shape index (κ3) is 3.24. The molecule has 104 valence electrons. The highest BCUT2D eigenvalue weighted by Crippen LogP contribution is 2.28.